The van der Waals surface area contributed by atoms with Gasteiger partial charge in [0.2, 0.25) is 5.95 Å². The maximum atomic E-state index is 13.3. The number of fused-ring (bicyclic) bond motifs is 1. The van der Waals surface area contributed by atoms with Crippen molar-refractivity contribution in [3.8, 4) is 5.75 Å². The van der Waals surface area contributed by atoms with Crippen molar-refractivity contribution in [1.82, 2.24) is 9.97 Å². The van der Waals surface area contributed by atoms with Crippen LogP contribution in [0.3, 0.4) is 0 Å². The van der Waals surface area contributed by atoms with Crippen LogP contribution in [0.1, 0.15) is 22.7 Å². The molecule has 7 heteroatoms. The summed E-state index contributed by atoms with van der Waals surface area (Å²) in [4.78, 5) is 35.6. The molecule has 1 atom stereocenters. The molecule has 0 bridgehead atoms. The molecule has 0 saturated carbocycles. The van der Waals surface area contributed by atoms with Crippen LogP contribution in [0.15, 0.2) is 78.4 Å². The molecule has 3 aromatic carbocycles. The number of hydrogen-bond donors (Lipinski definition) is 2. The number of hydrogen-bond acceptors (Lipinski definition) is 5. The van der Waals surface area contributed by atoms with Gasteiger partial charge in [-0.05, 0) is 42.3 Å². The number of Topliss-reactive ketones (excluding diaryl/α,β-unsaturated/α-hetero) is 1. The van der Waals surface area contributed by atoms with Crippen molar-refractivity contribution in [2.45, 2.75) is 13.0 Å². The number of para-hydroxylation sites is 1. The van der Waals surface area contributed by atoms with Crippen LogP contribution in [0.4, 0.5) is 5.95 Å². The summed E-state index contributed by atoms with van der Waals surface area (Å²) in [6.07, 6.45) is 0. The van der Waals surface area contributed by atoms with Gasteiger partial charge in [-0.1, -0.05) is 48.5 Å². The van der Waals surface area contributed by atoms with Crippen molar-refractivity contribution in [1.29, 1.82) is 0 Å². The van der Waals surface area contributed by atoms with Crippen molar-refractivity contribution < 1.29 is 19.4 Å². The topological polar surface area (TPSA) is 95.5 Å². The van der Waals surface area contributed by atoms with Crippen LogP contribution in [0.5, 0.6) is 5.75 Å². The first kappa shape index (κ1) is 20.5. The highest BCUT2D eigenvalue weighted by molar-refractivity contribution is 6.51. The molecule has 0 radical (unpaired) electrons. The number of aromatic nitrogens is 2. The molecule has 0 spiro atoms. The number of amides is 1. The first-order valence-corrected chi connectivity index (χ1v) is 10.5. The van der Waals surface area contributed by atoms with E-state index >= 15 is 0 Å². The van der Waals surface area contributed by atoms with E-state index in [0.717, 1.165) is 11.1 Å². The Hall–Kier alpha value is -4.39. The maximum Gasteiger partial charge on any atom is 0.302 e. The zero-order valence-corrected chi connectivity index (χ0v) is 18.1. The molecule has 7 nitrogen and oxygen atoms in total. The Kier molecular flexibility index (Phi) is 4.94. The zero-order chi connectivity index (χ0) is 23.1. The highest BCUT2D eigenvalue weighted by Gasteiger charge is 2.48. The van der Waals surface area contributed by atoms with E-state index in [0.29, 0.717) is 22.4 Å². The number of nitrogens with zero attached hydrogens (tertiary/aromatic N) is 2. The van der Waals surface area contributed by atoms with Gasteiger partial charge in [0.25, 0.3) is 5.78 Å². The number of anilines is 1. The number of methoxy groups -OCH3 is 1. The molecule has 2 heterocycles. The van der Waals surface area contributed by atoms with Crippen molar-refractivity contribution in [3.63, 3.8) is 0 Å². The number of ketones is 1. The second-order valence-corrected chi connectivity index (χ2v) is 7.86. The number of H-pyrrole nitrogens is 1. The number of carbonyl (C=O) groups excluding carboxylic acids is 2. The molecule has 1 saturated heterocycles. The van der Waals surface area contributed by atoms with Gasteiger partial charge in [0, 0.05) is 0 Å². The number of nitrogens with one attached hydrogen (secondary N) is 1. The monoisotopic (exact) mass is 439 g/mol. The number of ether oxygens (including phenoxy) is 1. The molecule has 1 aliphatic rings. The third kappa shape index (κ3) is 3.34. The number of carbonyl (C=O) groups is 2. The van der Waals surface area contributed by atoms with Gasteiger partial charge in [-0.25, -0.2) is 4.98 Å². The lowest BCUT2D eigenvalue weighted by Gasteiger charge is -2.23. The fourth-order valence-electron chi connectivity index (χ4n) is 4.21. The molecule has 1 unspecified atom stereocenters. The molecule has 4 aromatic rings. The molecule has 1 aliphatic heterocycles. The molecule has 164 valence electrons. The van der Waals surface area contributed by atoms with Crippen LogP contribution in [-0.2, 0) is 9.59 Å². The number of aliphatic hydroxyl groups is 1. The van der Waals surface area contributed by atoms with E-state index in [1.165, 1.54) is 12.0 Å². The highest BCUT2D eigenvalue weighted by Crippen LogP contribution is 2.42. The van der Waals surface area contributed by atoms with Gasteiger partial charge in [0.15, 0.2) is 0 Å². The Morgan fingerprint density at radius 2 is 1.76 bits per heavy atom. The Bertz CT molecular complexity index is 1420. The molecule has 1 aromatic heterocycles. The molecule has 0 aliphatic carbocycles. The normalized spacial score (nSPS) is 17.6. The van der Waals surface area contributed by atoms with Crippen LogP contribution >= 0.6 is 0 Å². The molecule has 1 amide bonds. The van der Waals surface area contributed by atoms with Crippen LogP contribution in [0, 0.1) is 6.92 Å². The molecule has 2 N–H and O–H groups in total. The summed E-state index contributed by atoms with van der Waals surface area (Å²) >= 11 is 0. The number of aromatic amines is 1. The van der Waals surface area contributed by atoms with Gasteiger partial charge in [0.1, 0.15) is 11.5 Å². The molecule has 33 heavy (non-hydrogen) atoms. The molecular weight excluding hydrogens is 418 g/mol. The second-order valence-electron chi connectivity index (χ2n) is 7.86. The first-order valence-electron chi connectivity index (χ1n) is 10.5. The number of aryl methyl sites for hydroxylation is 1. The minimum atomic E-state index is -0.863. The largest absolute Gasteiger partial charge is 0.507 e. The third-order valence-corrected chi connectivity index (χ3v) is 5.77. The molecular formula is C26H21N3O4. The predicted molar refractivity (Wildman–Crippen MR) is 125 cm³/mol. The van der Waals surface area contributed by atoms with Gasteiger partial charge < -0.3 is 14.8 Å². The summed E-state index contributed by atoms with van der Waals surface area (Å²) in [5.74, 6) is -1.22. The van der Waals surface area contributed by atoms with Gasteiger partial charge in [0.05, 0.1) is 35.3 Å². The fourth-order valence-corrected chi connectivity index (χ4v) is 4.21. The van der Waals surface area contributed by atoms with Crippen molar-refractivity contribution in [3.05, 3.63) is 95.1 Å². The zero-order valence-electron chi connectivity index (χ0n) is 18.1. The van der Waals surface area contributed by atoms with E-state index in [9.17, 15) is 14.7 Å². The third-order valence-electron chi connectivity index (χ3n) is 5.77. The van der Waals surface area contributed by atoms with Crippen molar-refractivity contribution in [2.75, 3.05) is 12.0 Å². The van der Waals surface area contributed by atoms with Gasteiger partial charge in [-0.15, -0.1) is 0 Å². The van der Waals surface area contributed by atoms with Crippen LogP contribution in [0.25, 0.3) is 16.8 Å². The van der Waals surface area contributed by atoms with Gasteiger partial charge in [-0.3, -0.25) is 14.5 Å². The molecule has 5 rings (SSSR count). The summed E-state index contributed by atoms with van der Waals surface area (Å²) in [6, 6.07) is 20.8. The average molecular weight is 439 g/mol. The second kappa shape index (κ2) is 7.94. The summed E-state index contributed by atoms with van der Waals surface area (Å²) in [5.41, 5.74) is 3.45. The fraction of sp³-hybridized carbons (Fsp3) is 0.115. The highest BCUT2D eigenvalue weighted by atomic mass is 16.5. The standard InChI is InChI=1S/C26H21N3O4/c1-15-12-13-18-19(14-15)28-26(27-18)29-22(16-8-4-3-5-9-16)21(24(31)25(29)32)23(30)17-10-6-7-11-20(17)33-2/h3-14,22,30H,1-2H3,(H,27,28)/b23-21+. The lowest BCUT2D eigenvalue weighted by Crippen LogP contribution is -2.30. The minimum absolute atomic E-state index is 0.0210. The quantitative estimate of drug-likeness (QED) is 0.277. The smallest absolute Gasteiger partial charge is 0.302 e. The van der Waals surface area contributed by atoms with Crippen LogP contribution in [0.2, 0.25) is 0 Å². The summed E-state index contributed by atoms with van der Waals surface area (Å²) in [6.45, 7) is 1.96. The summed E-state index contributed by atoms with van der Waals surface area (Å²) in [5, 5.41) is 11.3. The maximum absolute atomic E-state index is 13.3. The van der Waals surface area contributed by atoms with Crippen LogP contribution < -0.4 is 9.64 Å². The lowest BCUT2D eigenvalue weighted by molar-refractivity contribution is -0.132. The van der Waals surface area contributed by atoms with Gasteiger partial charge >= 0.3 is 5.91 Å². The van der Waals surface area contributed by atoms with Gasteiger partial charge in [-0.2, -0.15) is 0 Å². The summed E-state index contributed by atoms with van der Waals surface area (Å²) in [7, 11) is 1.48. The van der Waals surface area contributed by atoms with E-state index in [2.05, 4.69) is 9.97 Å². The predicted octanol–water partition coefficient (Wildman–Crippen LogP) is 4.51. The van der Waals surface area contributed by atoms with Crippen LogP contribution in [-0.4, -0.2) is 33.9 Å². The van der Waals surface area contributed by atoms with E-state index in [-0.39, 0.29) is 17.3 Å². The number of imidazole rings is 1. The number of aliphatic hydroxyl groups excluding tert-OH is 1. The Balaban J connectivity index is 1.74. The SMILES string of the molecule is COc1ccccc1/C(O)=C1\C(=O)C(=O)N(c2nc3ccc(C)cc3[nH]2)C1c1ccccc1. The summed E-state index contributed by atoms with van der Waals surface area (Å²) < 4.78 is 5.37. The van der Waals surface area contributed by atoms with E-state index < -0.39 is 17.7 Å². The Morgan fingerprint density at radius 1 is 1.03 bits per heavy atom. The molecule has 1 fully saturated rings. The lowest BCUT2D eigenvalue weighted by atomic mass is 9.95. The Labute approximate surface area is 190 Å². The van der Waals surface area contributed by atoms with Crippen molar-refractivity contribution in [2.24, 2.45) is 0 Å². The van der Waals surface area contributed by atoms with Crippen molar-refractivity contribution >= 4 is 34.4 Å². The van der Waals surface area contributed by atoms with E-state index in [1.807, 2.05) is 55.5 Å². The average Bonchev–Trinajstić information content (AvgIpc) is 3.37. The number of benzene rings is 3. The minimum Gasteiger partial charge on any atom is -0.507 e. The van der Waals surface area contributed by atoms with E-state index in [1.54, 1.807) is 24.3 Å². The first-order chi connectivity index (χ1) is 16.0. The van der Waals surface area contributed by atoms with E-state index in [4.69, 9.17) is 4.74 Å². The Morgan fingerprint density at radius 3 is 2.52 bits per heavy atom. The number of rotatable bonds is 4.